The average molecular weight is 482 g/mol. The summed E-state index contributed by atoms with van der Waals surface area (Å²) in [6.07, 6.45) is 22.1. The van der Waals surface area contributed by atoms with E-state index in [2.05, 4.69) is 62.7 Å². The molecule has 0 amide bonds. The maximum atomic E-state index is 4.75. The van der Waals surface area contributed by atoms with E-state index in [1.165, 1.54) is 0 Å². The molecule has 0 fully saturated rings. The standard InChI is InChI=1S/C33H33BN3/c1-9-17-20-27(16-8)32-35-31(24(12-4)13-5)36-33(37-32)34-30-22-28(25(14-6)18-10-2)21-29(23-30)26(15-7)19-11-3/h9-23H,2-4,6-8H2,1,5H3/b17-9-,24-13+,25-18+,26-19+,27-20+. The Balaban J connectivity index is 2.79. The highest BCUT2D eigenvalue weighted by atomic mass is 15.0. The van der Waals surface area contributed by atoms with Crippen LogP contribution in [0.3, 0.4) is 0 Å². The zero-order chi connectivity index (χ0) is 27.2. The molecule has 0 unspecified atom stereocenters. The van der Waals surface area contributed by atoms with Crippen LogP contribution in [0.4, 0.5) is 0 Å². The Morgan fingerprint density at radius 2 is 1.16 bits per heavy atom. The molecule has 0 saturated heterocycles. The summed E-state index contributed by atoms with van der Waals surface area (Å²) >= 11 is 0. The first-order valence-electron chi connectivity index (χ1n) is 11.9. The molecule has 2 rings (SSSR count). The summed E-state index contributed by atoms with van der Waals surface area (Å²) in [5, 5.41) is 0. The Morgan fingerprint density at radius 3 is 1.59 bits per heavy atom. The maximum Gasteiger partial charge on any atom is 0.243 e. The van der Waals surface area contributed by atoms with Gasteiger partial charge in [0.25, 0.3) is 0 Å². The highest BCUT2D eigenvalue weighted by Crippen LogP contribution is 2.22. The molecule has 1 radical (unpaired) electrons. The Morgan fingerprint density at radius 1 is 0.649 bits per heavy atom. The molecule has 37 heavy (non-hydrogen) atoms. The predicted octanol–water partition coefficient (Wildman–Crippen LogP) is 6.77. The van der Waals surface area contributed by atoms with Crippen molar-refractivity contribution < 1.29 is 0 Å². The molecule has 2 aromatic rings. The number of hydrogen-bond acceptors (Lipinski definition) is 3. The quantitative estimate of drug-likeness (QED) is 0.234. The summed E-state index contributed by atoms with van der Waals surface area (Å²) in [4.78, 5) is 14.2. The third-order valence-corrected chi connectivity index (χ3v) is 5.34. The first-order valence-corrected chi connectivity index (χ1v) is 11.9. The van der Waals surface area contributed by atoms with Crippen molar-refractivity contribution in [1.82, 2.24) is 15.0 Å². The van der Waals surface area contributed by atoms with Crippen molar-refractivity contribution in [3.63, 3.8) is 0 Å². The minimum Gasteiger partial charge on any atom is -0.224 e. The summed E-state index contributed by atoms with van der Waals surface area (Å²) in [7, 11) is 1.93. The van der Waals surface area contributed by atoms with Gasteiger partial charge in [0.15, 0.2) is 11.6 Å². The summed E-state index contributed by atoms with van der Waals surface area (Å²) < 4.78 is 0. The van der Waals surface area contributed by atoms with Crippen molar-refractivity contribution in [2.24, 2.45) is 0 Å². The van der Waals surface area contributed by atoms with Gasteiger partial charge in [-0.15, -0.1) is 0 Å². The normalized spacial score (nSPS) is 12.7. The fourth-order valence-corrected chi connectivity index (χ4v) is 3.52. The van der Waals surface area contributed by atoms with E-state index in [9.17, 15) is 0 Å². The van der Waals surface area contributed by atoms with Gasteiger partial charge in [-0.2, -0.15) is 0 Å². The molecule has 4 heteroatoms. The highest BCUT2D eigenvalue weighted by molar-refractivity contribution is 6.65. The molecule has 1 aromatic carbocycles. The predicted molar refractivity (Wildman–Crippen MR) is 165 cm³/mol. The molecule has 0 aliphatic heterocycles. The molecule has 3 nitrogen and oxygen atoms in total. The molecule has 0 atom stereocenters. The van der Waals surface area contributed by atoms with Crippen LogP contribution >= 0.6 is 0 Å². The lowest BCUT2D eigenvalue weighted by Gasteiger charge is -2.12. The van der Waals surface area contributed by atoms with Gasteiger partial charge in [-0.3, -0.25) is 0 Å². The van der Waals surface area contributed by atoms with Gasteiger partial charge in [-0.25, -0.2) is 15.0 Å². The Labute approximate surface area is 222 Å². The fraction of sp³-hybridized carbons (Fsp3) is 0.0606. The van der Waals surface area contributed by atoms with Crippen LogP contribution in [0.15, 0.2) is 131 Å². The van der Waals surface area contributed by atoms with E-state index in [1.807, 2.05) is 57.6 Å². The van der Waals surface area contributed by atoms with E-state index in [-0.39, 0.29) is 0 Å². The van der Waals surface area contributed by atoms with Crippen LogP contribution in [0.2, 0.25) is 0 Å². The topological polar surface area (TPSA) is 38.7 Å². The van der Waals surface area contributed by atoms with Crippen LogP contribution in [0.5, 0.6) is 0 Å². The summed E-state index contributed by atoms with van der Waals surface area (Å²) in [5.41, 5.74) is 6.85. The van der Waals surface area contributed by atoms with E-state index in [1.54, 1.807) is 36.5 Å². The van der Waals surface area contributed by atoms with E-state index in [0.717, 1.165) is 38.9 Å². The van der Waals surface area contributed by atoms with Gasteiger partial charge in [0.2, 0.25) is 7.28 Å². The van der Waals surface area contributed by atoms with Gasteiger partial charge in [0.1, 0.15) is 0 Å². The van der Waals surface area contributed by atoms with E-state index < -0.39 is 0 Å². The summed E-state index contributed by atoms with van der Waals surface area (Å²) in [6, 6.07) is 6.21. The first kappa shape index (κ1) is 28.7. The number of allylic oxidation sites excluding steroid dienone is 16. The molecular weight excluding hydrogens is 449 g/mol. The lowest BCUT2D eigenvalue weighted by molar-refractivity contribution is 1.03. The van der Waals surface area contributed by atoms with Crippen molar-refractivity contribution in [3.05, 3.63) is 153 Å². The second-order valence-electron chi connectivity index (χ2n) is 7.75. The van der Waals surface area contributed by atoms with Crippen LogP contribution in [-0.4, -0.2) is 22.2 Å². The minimum absolute atomic E-state index is 0.512. The number of rotatable bonds is 13. The number of hydrogen-bond donors (Lipinski definition) is 0. The second kappa shape index (κ2) is 14.7. The minimum atomic E-state index is 0.512. The Hall–Kier alpha value is -4.57. The average Bonchev–Trinajstić information content (AvgIpc) is 2.91. The lowest BCUT2D eigenvalue weighted by atomic mass is 9.68. The molecule has 183 valence electrons. The van der Waals surface area contributed by atoms with E-state index in [0.29, 0.717) is 17.4 Å². The monoisotopic (exact) mass is 482 g/mol. The van der Waals surface area contributed by atoms with E-state index >= 15 is 0 Å². The van der Waals surface area contributed by atoms with Crippen LogP contribution in [0.25, 0.3) is 22.3 Å². The molecule has 1 aromatic heterocycles. The molecule has 0 bridgehead atoms. The smallest absolute Gasteiger partial charge is 0.224 e. The van der Waals surface area contributed by atoms with Crippen molar-refractivity contribution in [2.45, 2.75) is 13.8 Å². The van der Waals surface area contributed by atoms with Crippen molar-refractivity contribution >= 4 is 40.8 Å². The van der Waals surface area contributed by atoms with Crippen LogP contribution in [0.1, 0.15) is 36.6 Å². The number of aromatic nitrogens is 3. The van der Waals surface area contributed by atoms with Crippen molar-refractivity contribution in [1.29, 1.82) is 0 Å². The van der Waals surface area contributed by atoms with Gasteiger partial charge in [0.05, 0.1) is 5.72 Å². The summed E-state index contributed by atoms with van der Waals surface area (Å²) in [6.45, 7) is 27.3. The lowest BCUT2D eigenvalue weighted by Crippen LogP contribution is -2.34. The molecule has 1 heterocycles. The fourth-order valence-electron chi connectivity index (χ4n) is 3.52. The Bertz CT molecular complexity index is 1320. The molecule has 0 aliphatic rings. The van der Waals surface area contributed by atoms with Gasteiger partial charge in [0, 0.05) is 11.1 Å². The third-order valence-electron chi connectivity index (χ3n) is 5.34. The number of benzene rings is 1. The molecular formula is C33H33BN3. The van der Waals surface area contributed by atoms with Gasteiger partial charge in [-0.05, 0) is 42.2 Å². The Kier molecular flexibility index (Phi) is 11.4. The van der Waals surface area contributed by atoms with Gasteiger partial charge in [-0.1, -0.05) is 130 Å². The van der Waals surface area contributed by atoms with Crippen LogP contribution < -0.4 is 11.2 Å². The van der Waals surface area contributed by atoms with Crippen LogP contribution in [-0.2, 0) is 0 Å². The van der Waals surface area contributed by atoms with Crippen molar-refractivity contribution in [2.75, 3.05) is 0 Å². The SMILES string of the molecule is C=C/C=C(\C=C)c1cc([B]c2nc(/C(C=C)=C/C)nc(/C(C=C)=C/C=C\C)n2)cc(/C(C=C)=C/C=C)c1. The zero-order valence-corrected chi connectivity index (χ0v) is 21.8. The van der Waals surface area contributed by atoms with E-state index in [4.69, 9.17) is 9.97 Å². The number of nitrogens with zero attached hydrogens (tertiary/aromatic N) is 3. The molecule has 0 spiro atoms. The first-order chi connectivity index (χ1) is 18.0. The second-order valence-corrected chi connectivity index (χ2v) is 7.75. The summed E-state index contributed by atoms with van der Waals surface area (Å²) in [5.74, 6) is 1.06. The van der Waals surface area contributed by atoms with Crippen molar-refractivity contribution in [3.8, 4) is 0 Å². The molecule has 0 saturated carbocycles. The third kappa shape index (κ3) is 7.71. The largest absolute Gasteiger partial charge is 0.243 e. The maximum absolute atomic E-state index is 4.75. The zero-order valence-electron chi connectivity index (χ0n) is 21.8. The van der Waals surface area contributed by atoms with Gasteiger partial charge >= 0.3 is 0 Å². The molecule has 0 aliphatic carbocycles. The van der Waals surface area contributed by atoms with Crippen LogP contribution in [0, 0.1) is 0 Å². The highest BCUT2D eigenvalue weighted by Gasteiger charge is 2.14. The van der Waals surface area contributed by atoms with Gasteiger partial charge < -0.3 is 0 Å². The molecule has 0 N–H and O–H groups in total.